The number of aromatic nitrogens is 3. The Bertz CT molecular complexity index is 1210. The molecular weight excluding hydrogens is 395 g/mol. The Balaban J connectivity index is 2.03. The molecule has 31 heavy (non-hydrogen) atoms. The minimum Gasteiger partial charge on any atom is -0.485 e. The van der Waals surface area contributed by atoms with E-state index in [1.807, 2.05) is 17.8 Å². The van der Waals surface area contributed by atoms with Gasteiger partial charge in [-0.05, 0) is 36.3 Å². The lowest BCUT2D eigenvalue weighted by Gasteiger charge is -2.17. The molecule has 3 aromatic rings. The fraction of sp³-hybridized carbons (Fsp3) is 0.261. The molecule has 0 saturated carbocycles. The third-order valence-corrected chi connectivity index (χ3v) is 5.47. The Labute approximate surface area is 180 Å². The van der Waals surface area contributed by atoms with Crippen molar-refractivity contribution in [3.05, 3.63) is 64.4 Å². The zero-order valence-electron chi connectivity index (χ0n) is 17.8. The number of allylic oxidation sites excluding steroid dienone is 1. The van der Waals surface area contributed by atoms with Crippen molar-refractivity contribution in [1.29, 1.82) is 0 Å². The lowest BCUT2D eigenvalue weighted by atomic mass is 9.95. The van der Waals surface area contributed by atoms with E-state index in [9.17, 15) is 4.39 Å². The number of nitrogens with two attached hydrogens (primary N) is 2. The average Bonchev–Trinajstić information content (AvgIpc) is 3.07. The van der Waals surface area contributed by atoms with Gasteiger partial charge in [-0.3, -0.25) is 9.67 Å². The Morgan fingerprint density at radius 3 is 2.84 bits per heavy atom. The highest BCUT2D eigenvalue weighted by Crippen LogP contribution is 2.35. The molecule has 1 aromatic carbocycles. The van der Waals surface area contributed by atoms with Crippen LogP contribution in [-0.2, 0) is 26.5 Å². The number of nitrogen functional groups attached to an aromatic ring is 1. The molecule has 0 atom stereocenters. The van der Waals surface area contributed by atoms with Gasteiger partial charge in [0.05, 0.1) is 11.4 Å². The van der Waals surface area contributed by atoms with Crippen molar-refractivity contribution in [2.45, 2.75) is 26.4 Å². The first-order valence-corrected chi connectivity index (χ1v) is 10.1. The number of hydrogen-bond acceptors (Lipinski definition) is 6. The van der Waals surface area contributed by atoms with Crippen LogP contribution in [0, 0.1) is 5.82 Å². The normalized spacial score (nSPS) is 13.9. The summed E-state index contributed by atoms with van der Waals surface area (Å²) in [5, 5.41) is 4.71. The summed E-state index contributed by atoms with van der Waals surface area (Å²) < 4.78 is 21.9. The standard InChI is InChI=1S/C23H25FN6O/c1-4-18-21-13-9-20(23(26)28-11-13)31-12-15-7-16(24)5-6-17(15)22(25)14(10-27-2)8-19(21)30(3)29-18/h5-7,9-11H,4,8,12,25H2,1-3H3,(H2,26,28). The van der Waals surface area contributed by atoms with Crippen LogP contribution < -0.4 is 16.2 Å². The summed E-state index contributed by atoms with van der Waals surface area (Å²) in [6.45, 7) is 2.16. The zero-order valence-corrected chi connectivity index (χ0v) is 17.8. The van der Waals surface area contributed by atoms with Crippen LogP contribution in [0.5, 0.6) is 5.75 Å². The van der Waals surface area contributed by atoms with Crippen molar-refractivity contribution in [3.8, 4) is 16.9 Å². The Morgan fingerprint density at radius 2 is 2.10 bits per heavy atom. The molecule has 3 heterocycles. The van der Waals surface area contributed by atoms with Gasteiger partial charge >= 0.3 is 0 Å². The summed E-state index contributed by atoms with van der Waals surface area (Å²) in [5.41, 5.74) is 19.1. The van der Waals surface area contributed by atoms with Crippen molar-refractivity contribution in [1.82, 2.24) is 14.8 Å². The second-order valence-corrected chi connectivity index (χ2v) is 7.45. The van der Waals surface area contributed by atoms with Crippen molar-refractivity contribution < 1.29 is 9.13 Å². The number of aliphatic imine (C=N–C) groups is 1. The highest BCUT2D eigenvalue weighted by molar-refractivity contribution is 5.91. The van der Waals surface area contributed by atoms with Crippen LogP contribution in [0.25, 0.3) is 16.8 Å². The molecule has 0 aliphatic carbocycles. The molecule has 1 aliphatic rings. The number of anilines is 1. The molecule has 0 unspecified atom stereocenters. The number of hydrogen-bond donors (Lipinski definition) is 2. The topological polar surface area (TPSA) is 104 Å². The molecule has 8 heteroatoms. The Kier molecular flexibility index (Phi) is 5.46. The zero-order chi connectivity index (χ0) is 22.1. The minimum absolute atomic E-state index is 0.0974. The second kappa shape index (κ2) is 8.22. The number of ether oxygens (including phenoxy) is 1. The van der Waals surface area contributed by atoms with Crippen molar-refractivity contribution in [2.75, 3.05) is 12.8 Å². The van der Waals surface area contributed by atoms with Gasteiger partial charge in [0.25, 0.3) is 0 Å². The number of benzene rings is 1. The summed E-state index contributed by atoms with van der Waals surface area (Å²) in [6.07, 6.45) is 4.72. The average molecular weight is 420 g/mol. The van der Waals surface area contributed by atoms with E-state index in [1.165, 1.54) is 12.1 Å². The van der Waals surface area contributed by atoms with Crippen molar-refractivity contribution >= 4 is 17.7 Å². The maximum absolute atomic E-state index is 14.0. The molecule has 1 aliphatic heterocycles. The van der Waals surface area contributed by atoms with Gasteiger partial charge in [0.15, 0.2) is 11.6 Å². The van der Waals surface area contributed by atoms with Gasteiger partial charge in [-0.2, -0.15) is 5.10 Å². The first kappa shape index (κ1) is 20.6. The predicted molar refractivity (Wildman–Crippen MR) is 120 cm³/mol. The fourth-order valence-corrected chi connectivity index (χ4v) is 3.93. The number of aryl methyl sites for hydroxylation is 2. The summed E-state index contributed by atoms with van der Waals surface area (Å²) in [5.74, 6) is 0.335. The van der Waals surface area contributed by atoms with Gasteiger partial charge in [0.2, 0.25) is 0 Å². The number of halogens is 1. The molecule has 0 saturated heterocycles. The number of fused-ring (bicyclic) bond motifs is 5. The molecule has 7 nitrogen and oxygen atoms in total. The molecule has 4 rings (SSSR count). The molecule has 0 spiro atoms. The predicted octanol–water partition coefficient (Wildman–Crippen LogP) is 3.27. The van der Waals surface area contributed by atoms with E-state index in [-0.39, 0.29) is 18.2 Å². The molecule has 2 bridgehead atoms. The van der Waals surface area contributed by atoms with Crippen LogP contribution in [0.2, 0.25) is 0 Å². The second-order valence-electron chi connectivity index (χ2n) is 7.45. The van der Waals surface area contributed by atoms with E-state index in [1.54, 1.807) is 25.5 Å². The van der Waals surface area contributed by atoms with E-state index in [2.05, 4.69) is 16.9 Å². The maximum atomic E-state index is 14.0. The molecule has 4 N–H and O–H groups in total. The van der Waals surface area contributed by atoms with Crippen LogP contribution in [0.4, 0.5) is 10.2 Å². The van der Waals surface area contributed by atoms with E-state index in [4.69, 9.17) is 21.3 Å². The van der Waals surface area contributed by atoms with Gasteiger partial charge in [0, 0.05) is 60.9 Å². The first-order chi connectivity index (χ1) is 14.9. The number of rotatable bonds is 2. The van der Waals surface area contributed by atoms with Crippen LogP contribution in [0.3, 0.4) is 0 Å². The largest absolute Gasteiger partial charge is 0.485 e. The quantitative estimate of drug-likeness (QED) is 0.619. The van der Waals surface area contributed by atoms with E-state index in [0.717, 1.165) is 34.5 Å². The summed E-state index contributed by atoms with van der Waals surface area (Å²) >= 11 is 0. The first-order valence-electron chi connectivity index (χ1n) is 10.1. The van der Waals surface area contributed by atoms with Gasteiger partial charge in [-0.1, -0.05) is 6.92 Å². The molecular formula is C23H25FN6O. The third-order valence-electron chi connectivity index (χ3n) is 5.47. The van der Waals surface area contributed by atoms with E-state index < -0.39 is 0 Å². The molecule has 0 fully saturated rings. The number of pyridine rings is 1. The maximum Gasteiger partial charge on any atom is 0.166 e. The minimum atomic E-state index is -0.366. The van der Waals surface area contributed by atoms with Crippen LogP contribution in [0.15, 0.2) is 41.0 Å². The molecule has 0 radical (unpaired) electrons. The molecule has 160 valence electrons. The van der Waals surface area contributed by atoms with Crippen molar-refractivity contribution in [2.24, 2.45) is 17.8 Å². The van der Waals surface area contributed by atoms with E-state index in [0.29, 0.717) is 29.0 Å². The Hall–Kier alpha value is -3.68. The smallest absolute Gasteiger partial charge is 0.166 e. The van der Waals surface area contributed by atoms with Gasteiger partial charge < -0.3 is 16.2 Å². The van der Waals surface area contributed by atoms with Gasteiger partial charge in [-0.15, -0.1) is 0 Å². The third kappa shape index (κ3) is 3.76. The van der Waals surface area contributed by atoms with Gasteiger partial charge in [0.1, 0.15) is 12.4 Å². The van der Waals surface area contributed by atoms with Crippen LogP contribution >= 0.6 is 0 Å². The highest BCUT2D eigenvalue weighted by atomic mass is 19.1. The van der Waals surface area contributed by atoms with E-state index >= 15 is 0 Å². The lowest BCUT2D eigenvalue weighted by molar-refractivity contribution is 0.306. The summed E-state index contributed by atoms with van der Waals surface area (Å²) in [6, 6.07) is 6.34. The number of nitrogens with zero attached hydrogens (tertiary/aromatic N) is 4. The van der Waals surface area contributed by atoms with Gasteiger partial charge in [-0.25, -0.2) is 9.37 Å². The van der Waals surface area contributed by atoms with Crippen molar-refractivity contribution in [3.63, 3.8) is 0 Å². The fourth-order valence-electron chi connectivity index (χ4n) is 3.93. The monoisotopic (exact) mass is 420 g/mol. The van der Waals surface area contributed by atoms with Crippen LogP contribution in [0.1, 0.15) is 29.4 Å². The molecule has 2 aromatic heterocycles. The Morgan fingerprint density at radius 1 is 1.29 bits per heavy atom. The SMILES string of the molecule is CCc1nn(C)c2c1-c1cnc(N)c(c1)OCc1cc(F)ccc1C(N)=C(C=NC)C2. The van der Waals surface area contributed by atoms with Crippen LogP contribution in [-0.4, -0.2) is 28.0 Å². The lowest BCUT2D eigenvalue weighted by Crippen LogP contribution is -2.12. The highest BCUT2D eigenvalue weighted by Gasteiger charge is 2.22. The molecule has 0 amide bonds. The summed E-state index contributed by atoms with van der Waals surface area (Å²) in [7, 11) is 3.61. The summed E-state index contributed by atoms with van der Waals surface area (Å²) in [4.78, 5) is 8.54.